The smallest absolute Gasteiger partial charge is 0.406 e. The van der Waals surface area contributed by atoms with Gasteiger partial charge >= 0.3 is 12.4 Å². The second-order valence-electron chi connectivity index (χ2n) is 7.09. The van der Waals surface area contributed by atoms with Gasteiger partial charge in [-0.25, -0.2) is 4.79 Å². The molecular formula is C22H27F3N4O3. The number of nitrogens with one attached hydrogen (secondary N) is 3. The molecule has 0 spiro atoms. The van der Waals surface area contributed by atoms with Crippen LogP contribution < -0.4 is 20.7 Å². The Labute approximate surface area is 184 Å². The Kier molecular flexibility index (Phi) is 8.89. The van der Waals surface area contributed by atoms with Crippen molar-refractivity contribution in [3.63, 3.8) is 0 Å². The molecule has 0 aliphatic rings. The minimum absolute atomic E-state index is 0.0149. The molecule has 2 aromatic rings. The van der Waals surface area contributed by atoms with Gasteiger partial charge in [-0.1, -0.05) is 13.8 Å². The van der Waals surface area contributed by atoms with E-state index < -0.39 is 12.4 Å². The van der Waals surface area contributed by atoms with Gasteiger partial charge < -0.3 is 25.6 Å². The Balaban J connectivity index is 1.86. The first-order valence-corrected chi connectivity index (χ1v) is 10.2. The van der Waals surface area contributed by atoms with E-state index in [-0.39, 0.29) is 23.4 Å². The summed E-state index contributed by atoms with van der Waals surface area (Å²) in [5.41, 5.74) is 1.20. The number of halogens is 3. The summed E-state index contributed by atoms with van der Waals surface area (Å²) >= 11 is 0. The van der Waals surface area contributed by atoms with Gasteiger partial charge in [-0.15, -0.1) is 13.2 Å². The van der Waals surface area contributed by atoms with Gasteiger partial charge in [0.05, 0.1) is 0 Å². The summed E-state index contributed by atoms with van der Waals surface area (Å²) < 4.78 is 40.3. The maximum atomic E-state index is 12.4. The lowest BCUT2D eigenvalue weighted by Gasteiger charge is -2.23. The van der Waals surface area contributed by atoms with Crippen molar-refractivity contribution in [1.82, 2.24) is 10.2 Å². The van der Waals surface area contributed by atoms with E-state index in [1.54, 1.807) is 24.3 Å². The average molecular weight is 452 g/mol. The minimum atomic E-state index is -4.78. The Morgan fingerprint density at radius 2 is 1.44 bits per heavy atom. The van der Waals surface area contributed by atoms with Crippen molar-refractivity contribution in [2.24, 2.45) is 0 Å². The molecule has 0 aromatic heterocycles. The fourth-order valence-electron chi connectivity index (χ4n) is 2.96. The van der Waals surface area contributed by atoms with Crippen molar-refractivity contribution in [1.29, 1.82) is 0 Å². The molecule has 3 amide bonds. The molecule has 32 heavy (non-hydrogen) atoms. The molecule has 0 saturated carbocycles. The quantitative estimate of drug-likeness (QED) is 0.516. The number of hydrogen-bond donors (Lipinski definition) is 3. The Morgan fingerprint density at radius 1 is 0.938 bits per heavy atom. The van der Waals surface area contributed by atoms with Crippen LogP contribution in [0.25, 0.3) is 0 Å². The van der Waals surface area contributed by atoms with Crippen LogP contribution in [0.15, 0.2) is 48.5 Å². The number of carbonyl (C=O) groups is 2. The number of urea groups is 1. The SMILES string of the molecule is CCN(CC)CC(C)NC(=O)c1ccc(NC(=O)Nc2ccc(OC(F)(F)F)cc2)cc1. The van der Waals surface area contributed by atoms with Crippen molar-refractivity contribution in [2.75, 3.05) is 30.3 Å². The molecule has 0 aliphatic carbocycles. The summed E-state index contributed by atoms with van der Waals surface area (Å²) in [5.74, 6) is -0.592. The number of alkyl halides is 3. The highest BCUT2D eigenvalue weighted by Crippen LogP contribution is 2.24. The monoisotopic (exact) mass is 452 g/mol. The number of carbonyl (C=O) groups excluding carboxylic acids is 2. The van der Waals surface area contributed by atoms with E-state index in [9.17, 15) is 22.8 Å². The number of rotatable bonds is 9. The van der Waals surface area contributed by atoms with Crippen LogP contribution in [0, 0.1) is 0 Å². The molecule has 1 unspecified atom stereocenters. The van der Waals surface area contributed by atoms with Crippen molar-refractivity contribution < 1.29 is 27.5 Å². The van der Waals surface area contributed by atoms with Gasteiger partial charge in [-0.2, -0.15) is 0 Å². The van der Waals surface area contributed by atoms with Gasteiger partial charge in [0.15, 0.2) is 0 Å². The van der Waals surface area contributed by atoms with Crippen molar-refractivity contribution in [3.8, 4) is 5.75 Å². The lowest BCUT2D eigenvalue weighted by molar-refractivity contribution is -0.274. The van der Waals surface area contributed by atoms with Gasteiger partial charge in [0.25, 0.3) is 5.91 Å². The van der Waals surface area contributed by atoms with E-state index in [4.69, 9.17) is 0 Å². The molecule has 1 atom stereocenters. The molecule has 2 rings (SSSR count). The fraction of sp³-hybridized carbons (Fsp3) is 0.364. The number of likely N-dealkylation sites (N-methyl/N-ethyl adjacent to an activating group) is 1. The fourth-order valence-corrected chi connectivity index (χ4v) is 2.96. The topological polar surface area (TPSA) is 82.7 Å². The molecule has 3 N–H and O–H groups in total. The standard InChI is InChI=1S/C22H27F3N4O3/c1-4-29(5-2)14-15(3)26-20(30)16-6-8-17(9-7-16)27-21(31)28-18-10-12-19(13-11-18)32-22(23,24)25/h6-13,15H,4-5,14H2,1-3H3,(H,26,30)(H2,27,28,31). The number of anilines is 2. The molecule has 0 bridgehead atoms. The highest BCUT2D eigenvalue weighted by Gasteiger charge is 2.30. The van der Waals surface area contributed by atoms with Gasteiger partial charge in [-0.3, -0.25) is 4.79 Å². The van der Waals surface area contributed by atoms with Gasteiger partial charge in [-0.05, 0) is 68.5 Å². The molecule has 10 heteroatoms. The lowest BCUT2D eigenvalue weighted by Crippen LogP contribution is -2.41. The number of amides is 3. The van der Waals surface area contributed by atoms with E-state index in [2.05, 4.69) is 39.4 Å². The summed E-state index contributed by atoms with van der Waals surface area (Å²) in [4.78, 5) is 26.7. The third-order valence-corrected chi connectivity index (χ3v) is 4.55. The number of nitrogens with zero attached hydrogens (tertiary/aromatic N) is 1. The van der Waals surface area contributed by atoms with Crippen LogP contribution in [0.4, 0.5) is 29.3 Å². The van der Waals surface area contributed by atoms with E-state index in [0.29, 0.717) is 11.3 Å². The van der Waals surface area contributed by atoms with Crippen LogP contribution in [-0.4, -0.2) is 48.9 Å². The van der Waals surface area contributed by atoms with E-state index in [1.165, 1.54) is 12.1 Å². The molecule has 7 nitrogen and oxygen atoms in total. The van der Waals surface area contributed by atoms with Crippen LogP contribution in [-0.2, 0) is 0 Å². The maximum absolute atomic E-state index is 12.4. The van der Waals surface area contributed by atoms with Crippen molar-refractivity contribution in [3.05, 3.63) is 54.1 Å². The van der Waals surface area contributed by atoms with E-state index >= 15 is 0 Å². The molecule has 0 radical (unpaired) electrons. The lowest BCUT2D eigenvalue weighted by atomic mass is 10.1. The summed E-state index contributed by atoms with van der Waals surface area (Å²) in [6, 6.07) is 10.5. The highest BCUT2D eigenvalue weighted by molar-refractivity contribution is 6.00. The first-order valence-electron chi connectivity index (χ1n) is 10.2. The Bertz CT molecular complexity index is 883. The summed E-state index contributed by atoms with van der Waals surface area (Å²) in [7, 11) is 0. The Hall–Kier alpha value is -3.27. The van der Waals surface area contributed by atoms with Crippen LogP contribution in [0.5, 0.6) is 5.75 Å². The summed E-state index contributed by atoms with van der Waals surface area (Å²) in [5, 5.41) is 8.04. The van der Waals surface area contributed by atoms with Gasteiger partial charge in [0.2, 0.25) is 0 Å². The summed E-state index contributed by atoms with van der Waals surface area (Å²) in [6.07, 6.45) is -4.78. The molecule has 0 aliphatic heterocycles. The van der Waals surface area contributed by atoms with Gasteiger partial charge in [0.1, 0.15) is 5.75 Å². The summed E-state index contributed by atoms with van der Waals surface area (Å²) in [6.45, 7) is 8.64. The first-order chi connectivity index (χ1) is 15.1. The zero-order valence-electron chi connectivity index (χ0n) is 18.1. The normalized spacial score (nSPS) is 12.2. The second kappa shape index (κ2) is 11.4. The van der Waals surface area contributed by atoms with Crippen molar-refractivity contribution >= 4 is 23.3 Å². The van der Waals surface area contributed by atoms with Crippen LogP contribution in [0.2, 0.25) is 0 Å². The molecule has 174 valence electrons. The second-order valence-corrected chi connectivity index (χ2v) is 7.09. The van der Waals surface area contributed by atoms with Crippen LogP contribution in [0.1, 0.15) is 31.1 Å². The first kappa shape index (κ1) is 25.0. The third kappa shape index (κ3) is 8.46. The zero-order valence-corrected chi connectivity index (χ0v) is 18.1. The molecule has 0 saturated heterocycles. The van der Waals surface area contributed by atoms with Crippen LogP contribution >= 0.6 is 0 Å². The maximum Gasteiger partial charge on any atom is 0.573 e. The predicted molar refractivity (Wildman–Crippen MR) is 117 cm³/mol. The molecule has 2 aromatic carbocycles. The largest absolute Gasteiger partial charge is 0.573 e. The number of hydrogen-bond acceptors (Lipinski definition) is 4. The highest BCUT2D eigenvalue weighted by atomic mass is 19.4. The van der Waals surface area contributed by atoms with E-state index in [1.807, 2.05) is 6.92 Å². The van der Waals surface area contributed by atoms with Crippen molar-refractivity contribution in [2.45, 2.75) is 33.2 Å². The number of ether oxygens (including phenoxy) is 1. The average Bonchev–Trinajstić information content (AvgIpc) is 2.72. The zero-order chi connectivity index (χ0) is 23.7. The molecule has 0 heterocycles. The molecule has 0 fully saturated rings. The minimum Gasteiger partial charge on any atom is -0.406 e. The van der Waals surface area contributed by atoms with E-state index in [0.717, 1.165) is 31.8 Å². The third-order valence-electron chi connectivity index (χ3n) is 4.55. The number of benzene rings is 2. The van der Waals surface area contributed by atoms with Gasteiger partial charge in [0, 0.05) is 29.5 Å². The predicted octanol–water partition coefficient (Wildman–Crippen LogP) is 4.69. The van der Waals surface area contributed by atoms with Crippen LogP contribution in [0.3, 0.4) is 0 Å². The Morgan fingerprint density at radius 3 is 1.91 bits per heavy atom. The molecular weight excluding hydrogens is 425 g/mol.